The van der Waals surface area contributed by atoms with Gasteiger partial charge in [-0.25, -0.2) is 0 Å². The Balaban J connectivity index is 1.61. The summed E-state index contributed by atoms with van der Waals surface area (Å²) in [6, 6.07) is 6.82. The highest BCUT2D eigenvalue weighted by atomic mass is 16.5. The van der Waals surface area contributed by atoms with Gasteiger partial charge < -0.3 is 19.8 Å². The monoisotopic (exact) mass is 348 g/mol. The number of ether oxygens (including phenoxy) is 1. The minimum absolute atomic E-state index is 0.0138. The predicted molar refractivity (Wildman–Crippen MR) is 90.3 cm³/mol. The molecule has 2 atom stereocenters. The molecule has 136 valence electrons. The summed E-state index contributed by atoms with van der Waals surface area (Å²) in [5, 5.41) is 18.4. The molecule has 2 aliphatic rings. The number of carbonyl (C=O) groups is 2. The molecule has 1 amide bonds. The van der Waals surface area contributed by atoms with E-state index in [4.69, 9.17) is 9.84 Å². The van der Waals surface area contributed by atoms with E-state index >= 15 is 0 Å². The Bertz CT molecular complexity index is 618. The Kier molecular flexibility index (Phi) is 5.55. The number of nitrogens with zero attached hydrogens (tertiary/aromatic N) is 2. The Morgan fingerprint density at radius 2 is 1.88 bits per heavy atom. The lowest BCUT2D eigenvalue weighted by atomic mass is 10.1. The number of phenolic OH excluding ortho intramolecular Hbond substituents is 1. The van der Waals surface area contributed by atoms with E-state index in [0.717, 1.165) is 5.56 Å². The third-order valence-corrected chi connectivity index (χ3v) is 4.84. The van der Waals surface area contributed by atoms with Crippen LogP contribution in [-0.4, -0.2) is 77.3 Å². The average Bonchev–Trinajstić information content (AvgIpc) is 2.83. The molecule has 0 saturated carbocycles. The van der Waals surface area contributed by atoms with Crippen LogP contribution in [0.1, 0.15) is 12.0 Å². The molecule has 0 spiro atoms. The average molecular weight is 348 g/mol. The third-order valence-electron chi connectivity index (χ3n) is 4.84. The van der Waals surface area contributed by atoms with Crippen LogP contribution in [0.15, 0.2) is 24.3 Å². The number of hydrogen-bond acceptors (Lipinski definition) is 5. The van der Waals surface area contributed by atoms with Gasteiger partial charge in [-0.05, 0) is 24.1 Å². The third kappa shape index (κ3) is 4.70. The summed E-state index contributed by atoms with van der Waals surface area (Å²) in [5.41, 5.74) is 1.01. The van der Waals surface area contributed by atoms with Crippen molar-refractivity contribution < 1.29 is 24.5 Å². The number of aliphatic carboxylic acids is 1. The number of carboxylic acid groups (broad SMARTS) is 1. The van der Waals surface area contributed by atoms with Crippen molar-refractivity contribution in [3.63, 3.8) is 0 Å². The van der Waals surface area contributed by atoms with Gasteiger partial charge in [0.2, 0.25) is 5.91 Å². The molecule has 2 fully saturated rings. The first-order valence-corrected chi connectivity index (χ1v) is 8.60. The number of aromatic hydroxyl groups is 1. The molecule has 2 N–H and O–H groups in total. The number of carboxylic acids is 1. The molecule has 2 aliphatic heterocycles. The minimum Gasteiger partial charge on any atom is -0.508 e. The van der Waals surface area contributed by atoms with Crippen LogP contribution in [0.3, 0.4) is 0 Å². The van der Waals surface area contributed by atoms with Gasteiger partial charge in [0.25, 0.3) is 0 Å². The molecule has 2 saturated heterocycles. The number of phenols is 1. The summed E-state index contributed by atoms with van der Waals surface area (Å²) in [5.74, 6) is -0.404. The molecule has 0 radical (unpaired) electrons. The van der Waals surface area contributed by atoms with Gasteiger partial charge in [-0.2, -0.15) is 0 Å². The van der Waals surface area contributed by atoms with E-state index in [9.17, 15) is 14.7 Å². The first-order valence-electron chi connectivity index (χ1n) is 8.60. The predicted octanol–water partition coefficient (Wildman–Crippen LogP) is 0.569. The zero-order chi connectivity index (χ0) is 17.8. The summed E-state index contributed by atoms with van der Waals surface area (Å²) in [6.45, 7) is 2.79. The van der Waals surface area contributed by atoms with Crippen molar-refractivity contribution in [1.82, 2.24) is 9.80 Å². The first-order chi connectivity index (χ1) is 12.0. The van der Waals surface area contributed by atoms with E-state index in [2.05, 4.69) is 0 Å². The molecule has 1 aromatic carbocycles. The fraction of sp³-hybridized carbons (Fsp3) is 0.556. The second kappa shape index (κ2) is 7.84. The fourth-order valence-electron chi connectivity index (χ4n) is 3.57. The van der Waals surface area contributed by atoms with Crippen LogP contribution >= 0.6 is 0 Å². The molecule has 0 unspecified atom stereocenters. The van der Waals surface area contributed by atoms with Gasteiger partial charge in [0, 0.05) is 32.0 Å². The van der Waals surface area contributed by atoms with Crippen LogP contribution in [-0.2, 0) is 20.7 Å². The summed E-state index contributed by atoms with van der Waals surface area (Å²) >= 11 is 0. The molecule has 25 heavy (non-hydrogen) atoms. The quantitative estimate of drug-likeness (QED) is 0.808. The molecule has 7 nitrogen and oxygen atoms in total. The maximum absolute atomic E-state index is 12.7. The zero-order valence-corrected chi connectivity index (χ0v) is 14.1. The first kappa shape index (κ1) is 17.7. The number of aryl methyl sites for hydroxylation is 1. The van der Waals surface area contributed by atoms with Crippen LogP contribution in [0.4, 0.5) is 0 Å². The van der Waals surface area contributed by atoms with Gasteiger partial charge in [-0.3, -0.25) is 14.5 Å². The van der Waals surface area contributed by atoms with E-state index in [0.29, 0.717) is 45.7 Å². The Morgan fingerprint density at radius 1 is 1.12 bits per heavy atom. The molecule has 0 aliphatic carbocycles. The van der Waals surface area contributed by atoms with Crippen molar-refractivity contribution in [2.24, 2.45) is 5.92 Å². The van der Waals surface area contributed by atoms with Crippen molar-refractivity contribution in [3.8, 4) is 5.75 Å². The van der Waals surface area contributed by atoms with Gasteiger partial charge in [0.15, 0.2) is 0 Å². The summed E-state index contributed by atoms with van der Waals surface area (Å²) in [4.78, 5) is 27.5. The standard InChI is InChI=1S/C18H24N2O5/c21-16-4-1-13(2-5-16)3-6-17(22)20-8-14-7-19(10-18(23)24)15(9-20)12-25-11-14/h1-2,4-5,14-15,21H,3,6-12H2,(H,23,24)/t14-,15+/m1/s1. The number of hydrogen-bond donors (Lipinski definition) is 2. The van der Waals surface area contributed by atoms with E-state index in [1.54, 1.807) is 12.1 Å². The molecular weight excluding hydrogens is 324 g/mol. The normalized spacial score (nSPS) is 23.9. The maximum Gasteiger partial charge on any atom is 0.317 e. The number of benzene rings is 1. The van der Waals surface area contributed by atoms with Crippen LogP contribution in [0.25, 0.3) is 0 Å². The van der Waals surface area contributed by atoms with Gasteiger partial charge in [-0.15, -0.1) is 0 Å². The van der Waals surface area contributed by atoms with Crippen molar-refractivity contribution >= 4 is 11.9 Å². The maximum atomic E-state index is 12.7. The molecule has 2 bridgehead atoms. The summed E-state index contributed by atoms with van der Waals surface area (Å²) < 4.78 is 5.65. The lowest BCUT2D eigenvalue weighted by Gasteiger charge is -2.30. The lowest BCUT2D eigenvalue weighted by molar-refractivity contribution is -0.139. The number of amides is 1. The van der Waals surface area contributed by atoms with Crippen LogP contribution in [0.5, 0.6) is 5.75 Å². The van der Waals surface area contributed by atoms with Crippen LogP contribution in [0, 0.1) is 5.92 Å². The second-order valence-electron chi connectivity index (χ2n) is 6.85. The van der Waals surface area contributed by atoms with Crippen LogP contribution < -0.4 is 0 Å². The highest BCUT2D eigenvalue weighted by molar-refractivity contribution is 5.76. The van der Waals surface area contributed by atoms with Gasteiger partial charge >= 0.3 is 5.97 Å². The van der Waals surface area contributed by atoms with Gasteiger partial charge in [0.05, 0.1) is 25.8 Å². The SMILES string of the molecule is O=C(O)CN1C[C@H]2COC[C@@H]1CN(C(=O)CCc1ccc(O)cc1)C2. The zero-order valence-electron chi connectivity index (χ0n) is 14.1. The Morgan fingerprint density at radius 3 is 2.60 bits per heavy atom. The molecular formula is C18H24N2O5. The molecule has 2 heterocycles. The van der Waals surface area contributed by atoms with Gasteiger partial charge in [0.1, 0.15) is 5.75 Å². The highest BCUT2D eigenvalue weighted by Gasteiger charge is 2.35. The topological polar surface area (TPSA) is 90.3 Å². The lowest BCUT2D eigenvalue weighted by Crippen LogP contribution is -2.47. The highest BCUT2D eigenvalue weighted by Crippen LogP contribution is 2.20. The second-order valence-corrected chi connectivity index (χ2v) is 6.85. The number of carbonyl (C=O) groups excluding carboxylic acids is 1. The Hall–Kier alpha value is -2.12. The Labute approximate surface area is 146 Å². The smallest absolute Gasteiger partial charge is 0.317 e. The minimum atomic E-state index is -0.849. The molecule has 3 rings (SSSR count). The van der Waals surface area contributed by atoms with Crippen LogP contribution in [0.2, 0.25) is 0 Å². The summed E-state index contributed by atoms with van der Waals surface area (Å²) in [6.07, 6.45) is 1.03. The van der Waals surface area contributed by atoms with Crippen molar-refractivity contribution in [2.45, 2.75) is 18.9 Å². The van der Waals surface area contributed by atoms with Crippen molar-refractivity contribution in [3.05, 3.63) is 29.8 Å². The molecule has 7 heteroatoms. The van der Waals surface area contributed by atoms with E-state index in [-0.39, 0.29) is 30.2 Å². The van der Waals surface area contributed by atoms with E-state index in [1.807, 2.05) is 21.9 Å². The number of fused-ring (bicyclic) bond motifs is 3. The summed E-state index contributed by atoms with van der Waals surface area (Å²) in [7, 11) is 0. The largest absolute Gasteiger partial charge is 0.508 e. The number of rotatable bonds is 5. The molecule has 0 aromatic heterocycles. The van der Waals surface area contributed by atoms with E-state index < -0.39 is 5.97 Å². The molecule has 1 aromatic rings. The van der Waals surface area contributed by atoms with Crippen molar-refractivity contribution in [1.29, 1.82) is 0 Å². The fourth-order valence-corrected chi connectivity index (χ4v) is 3.57. The van der Waals surface area contributed by atoms with E-state index in [1.165, 1.54) is 0 Å². The van der Waals surface area contributed by atoms with Gasteiger partial charge in [-0.1, -0.05) is 12.1 Å². The van der Waals surface area contributed by atoms with Crippen molar-refractivity contribution in [2.75, 3.05) is 39.4 Å².